The SMILES string of the molecule is Cc1nc2c(c(=O)[nH]1)C(c1ccc([N+](=O)[O-])cc1)c1sc(Nc3ccc(S(N)(=O)=O)cc3)nc1O2. The lowest BCUT2D eigenvalue weighted by Crippen LogP contribution is -2.24. The van der Waals surface area contributed by atoms with Crippen molar-refractivity contribution in [3.63, 3.8) is 0 Å². The molecule has 4 aromatic rings. The van der Waals surface area contributed by atoms with Crippen molar-refractivity contribution in [2.75, 3.05) is 5.32 Å². The molecule has 178 valence electrons. The van der Waals surface area contributed by atoms with Crippen LogP contribution in [0.15, 0.2) is 58.2 Å². The van der Waals surface area contributed by atoms with Crippen molar-refractivity contribution in [2.24, 2.45) is 5.14 Å². The molecular weight excluding hydrogens is 496 g/mol. The van der Waals surface area contributed by atoms with Gasteiger partial charge in [0.25, 0.3) is 11.2 Å². The first-order valence-corrected chi connectivity index (χ1v) is 12.4. The summed E-state index contributed by atoms with van der Waals surface area (Å²) in [5.74, 6) is 0.0934. The average molecular weight is 513 g/mol. The summed E-state index contributed by atoms with van der Waals surface area (Å²) in [6, 6.07) is 11.7. The maximum atomic E-state index is 12.9. The Morgan fingerprint density at radius 2 is 1.80 bits per heavy atom. The lowest BCUT2D eigenvalue weighted by atomic mass is 9.90. The summed E-state index contributed by atoms with van der Waals surface area (Å²) in [6.07, 6.45) is 0. The van der Waals surface area contributed by atoms with Crippen LogP contribution in [0.4, 0.5) is 16.5 Å². The fourth-order valence-electron chi connectivity index (χ4n) is 3.71. The number of nitro benzene ring substituents is 1. The number of primary sulfonamides is 1. The minimum absolute atomic E-state index is 0.0285. The number of aryl methyl sites for hydroxylation is 1. The van der Waals surface area contributed by atoms with E-state index in [-0.39, 0.29) is 33.5 Å². The molecule has 3 heterocycles. The zero-order valence-corrected chi connectivity index (χ0v) is 19.5. The van der Waals surface area contributed by atoms with Crippen LogP contribution >= 0.6 is 11.3 Å². The van der Waals surface area contributed by atoms with Crippen molar-refractivity contribution in [3.8, 4) is 11.8 Å². The van der Waals surface area contributed by atoms with Crippen LogP contribution in [-0.4, -0.2) is 28.3 Å². The third kappa shape index (κ3) is 4.25. The van der Waals surface area contributed by atoms with E-state index >= 15 is 0 Å². The van der Waals surface area contributed by atoms with Gasteiger partial charge in [-0.3, -0.25) is 14.9 Å². The van der Waals surface area contributed by atoms with Crippen molar-refractivity contribution in [1.29, 1.82) is 0 Å². The molecule has 4 N–H and O–H groups in total. The number of rotatable bonds is 5. The number of benzene rings is 2. The fraction of sp³-hybridized carbons (Fsp3) is 0.0952. The summed E-state index contributed by atoms with van der Waals surface area (Å²) >= 11 is 1.23. The molecule has 0 saturated carbocycles. The molecule has 0 spiro atoms. The Hall–Kier alpha value is -4.14. The van der Waals surface area contributed by atoms with Crippen molar-refractivity contribution in [1.82, 2.24) is 15.0 Å². The van der Waals surface area contributed by atoms with Crippen LogP contribution in [0.3, 0.4) is 0 Å². The second kappa shape index (κ2) is 8.26. The lowest BCUT2D eigenvalue weighted by Gasteiger charge is -2.23. The Balaban J connectivity index is 1.57. The highest BCUT2D eigenvalue weighted by atomic mass is 32.2. The summed E-state index contributed by atoms with van der Waals surface area (Å²) in [5.41, 5.74) is 0.990. The van der Waals surface area contributed by atoms with Crippen molar-refractivity contribution >= 4 is 37.9 Å². The van der Waals surface area contributed by atoms with E-state index in [0.29, 0.717) is 27.1 Å². The Labute approximate surface area is 201 Å². The first-order chi connectivity index (χ1) is 16.6. The fourth-order valence-corrected chi connectivity index (χ4v) is 5.28. The monoisotopic (exact) mass is 512 g/mol. The van der Waals surface area contributed by atoms with E-state index < -0.39 is 20.9 Å². The van der Waals surface area contributed by atoms with Gasteiger partial charge in [-0.1, -0.05) is 23.5 Å². The maximum absolute atomic E-state index is 12.9. The van der Waals surface area contributed by atoms with Crippen LogP contribution in [0.25, 0.3) is 0 Å². The Morgan fingerprint density at radius 1 is 1.11 bits per heavy atom. The van der Waals surface area contributed by atoms with Crippen LogP contribution in [0, 0.1) is 17.0 Å². The van der Waals surface area contributed by atoms with Crippen LogP contribution in [0.1, 0.15) is 27.7 Å². The van der Waals surface area contributed by atoms with Gasteiger partial charge in [-0.2, -0.15) is 9.97 Å². The van der Waals surface area contributed by atoms with Crippen LogP contribution < -0.4 is 20.8 Å². The lowest BCUT2D eigenvalue weighted by molar-refractivity contribution is -0.384. The summed E-state index contributed by atoms with van der Waals surface area (Å²) < 4.78 is 28.8. The Kier molecular flexibility index (Phi) is 5.35. The number of non-ortho nitro benzene ring substituents is 1. The number of aromatic amines is 1. The highest BCUT2D eigenvalue weighted by Gasteiger charge is 2.36. The number of sulfonamides is 1. The average Bonchev–Trinajstić information content (AvgIpc) is 3.19. The first kappa shape index (κ1) is 22.6. The summed E-state index contributed by atoms with van der Waals surface area (Å²) in [4.78, 5) is 35.5. The Morgan fingerprint density at radius 3 is 2.43 bits per heavy atom. The summed E-state index contributed by atoms with van der Waals surface area (Å²) in [5, 5.41) is 19.7. The molecule has 5 rings (SSSR count). The van der Waals surface area contributed by atoms with Crippen LogP contribution in [0.2, 0.25) is 0 Å². The molecule has 1 aliphatic heterocycles. The molecule has 0 saturated heterocycles. The van der Waals surface area contributed by atoms with Crippen LogP contribution in [0.5, 0.6) is 11.8 Å². The number of nitrogens with zero attached hydrogens (tertiary/aromatic N) is 3. The van der Waals surface area contributed by atoms with Gasteiger partial charge < -0.3 is 15.0 Å². The molecule has 0 aliphatic carbocycles. The second-order valence-electron chi connectivity index (χ2n) is 7.64. The third-order valence-corrected chi connectivity index (χ3v) is 7.22. The van der Waals surface area contributed by atoms with Gasteiger partial charge in [0.2, 0.25) is 21.8 Å². The van der Waals surface area contributed by atoms with E-state index in [4.69, 9.17) is 9.88 Å². The van der Waals surface area contributed by atoms with Crippen molar-refractivity contribution < 1.29 is 18.1 Å². The molecule has 0 amide bonds. The minimum Gasteiger partial charge on any atom is -0.419 e. The molecular formula is C21H16N6O6S2. The standard InChI is InChI=1S/C21H16N6O6S2/c1-10-23-18(28)16-15(11-2-6-13(7-3-11)27(29)30)17-20(33-19(16)24-10)26-21(34-17)25-12-4-8-14(9-5-12)35(22,31)32/h2-9,15H,1H3,(H,25,26)(H2,22,31,32)(H,23,24,28). The maximum Gasteiger partial charge on any atom is 0.269 e. The molecule has 1 atom stereocenters. The number of fused-ring (bicyclic) bond motifs is 2. The van der Waals surface area contributed by atoms with E-state index in [1.165, 1.54) is 35.6 Å². The minimum atomic E-state index is -3.82. The molecule has 2 aromatic heterocycles. The number of nitrogens with two attached hydrogens (primary N) is 1. The predicted molar refractivity (Wildman–Crippen MR) is 127 cm³/mol. The zero-order chi connectivity index (χ0) is 24.9. The molecule has 14 heteroatoms. The number of ether oxygens (including phenoxy) is 1. The predicted octanol–water partition coefficient (Wildman–Crippen LogP) is 3.12. The quantitative estimate of drug-likeness (QED) is 0.235. The van der Waals surface area contributed by atoms with Gasteiger partial charge >= 0.3 is 0 Å². The number of hydrogen-bond donors (Lipinski definition) is 3. The molecule has 0 bridgehead atoms. The normalized spacial score (nSPS) is 14.5. The van der Waals surface area contributed by atoms with Gasteiger partial charge in [-0.15, -0.1) is 0 Å². The number of thiazole rings is 1. The number of anilines is 2. The van der Waals surface area contributed by atoms with E-state index in [0.717, 1.165) is 0 Å². The van der Waals surface area contributed by atoms with Gasteiger partial charge in [0, 0.05) is 17.8 Å². The number of nitro groups is 1. The first-order valence-electron chi connectivity index (χ1n) is 10.0. The van der Waals surface area contributed by atoms with E-state index in [9.17, 15) is 23.3 Å². The number of nitrogens with one attached hydrogen (secondary N) is 2. The molecule has 1 unspecified atom stereocenters. The van der Waals surface area contributed by atoms with Gasteiger partial charge in [-0.05, 0) is 36.8 Å². The van der Waals surface area contributed by atoms with Crippen molar-refractivity contribution in [3.05, 3.63) is 90.8 Å². The van der Waals surface area contributed by atoms with E-state index in [2.05, 4.69) is 20.3 Å². The molecule has 0 radical (unpaired) electrons. The second-order valence-corrected chi connectivity index (χ2v) is 10.2. The summed E-state index contributed by atoms with van der Waals surface area (Å²) in [7, 11) is -3.82. The van der Waals surface area contributed by atoms with Gasteiger partial charge in [-0.25, -0.2) is 13.6 Å². The Bertz CT molecular complexity index is 1630. The molecule has 1 aliphatic rings. The van der Waals surface area contributed by atoms with Crippen LogP contribution in [-0.2, 0) is 10.0 Å². The number of H-pyrrole nitrogens is 1. The molecule has 2 aromatic carbocycles. The van der Waals surface area contributed by atoms with Gasteiger partial charge in [0.05, 0.1) is 26.2 Å². The molecule has 12 nitrogen and oxygen atoms in total. The zero-order valence-electron chi connectivity index (χ0n) is 17.9. The van der Waals surface area contributed by atoms with Gasteiger partial charge in [0.1, 0.15) is 5.82 Å². The topological polar surface area (TPSA) is 183 Å². The smallest absolute Gasteiger partial charge is 0.269 e. The third-order valence-electron chi connectivity index (χ3n) is 5.27. The summed E-state index contributed by atoms with van der Waals surface area (Å²) in [6.45, 7) is 1.63. The van der Waals surface area contributed by atoms with E-state index in [1.54, 1.807) is 31.2 Å². The van der Waals surface area contributed by atoms with E-state index in [1.807, 2.05) is 0 Å². The number of hydrogen-bond acceptors (Lipinski definition) is 10. The highest BCUT2D eigenvalue weighted by molar-refractivity contribution is 7.89. The van der Waals surface area contributed by atoms with Gasteiger partial charge in [0.15, 0.2) is 5.13 Å². The van der Waals surface area contributed by atoms with Crippen molar-refractivity contribution in [2.45, 2.75) is 17.7 Å². The molecule has 0 fully saturated rings. The largest absolute Gasteiger partial charge is 0.419 e. The number of aromatic nitrogens is 3. The molecule has 35 heavy (non-hydrogen) atoms. The highest BCUT2D eigenvalue weighted by Crippen LogP contribution is 2.49.